The van der Waals surface area contributed by atoms with Crippen LogP contribution in [0.2, 0.25) is 0 Å². The number of rotatable bonds is 2. The van der Waals surface area contributed by atoms with Crippen molar-refractivity contribution in [1.29, 1.82) is 0 Å². The van der Waals surface area contributed by atoms with Gasteiger partial charge in [-0.25, -0.2) is 0 Å². The van der Waals surface area contributed by atoms with E-state index in [9.17, 15) is 39.3 Å². The maximum Gasteiger partial charge on any atom is 0.235 e. The van der Waals surface area contributed by atoms with Gasteiger partial charge in [0.2, 0.25) is 5.91 Å². The van der Waals surface area contributed by atoms with Crippen molar-refractivity contribution < 1.29 is 39.3 Å². The molecular weight excluding hydrogens is 420 g/mol. The number of fused-ring (bicyclic) bond motifs is 3. The topological polar surface area (TPSA) is 175 Å². The van der Waals surface area contributed by atoms with E-state index in [1.807, 2.05) is 0 Å². The normalized spacial score (nSPS) is 38.9. The highest BCUT2D eigenvalue weighted by Crippen LogP contribution is 2.55. The molecule has 5 N–H and O–H groups in total. The number of aliphatic hydroxyl groups is 2. The van der Waals surface area contributed by atoms with Crippen molar-refractivity contribution in [1.82, 2.24) is 4.90 Å². The summed E-state index contributed by atoms with van der Waals surface area (Å²) in [7, 11) is 2.98. The summed E-state index contributed by atoms with van der Waals surface area (Å²) in [4.78, 5) is 66.4. The number of phenols is 1. The number of hydrogen-bond donors (Lipinski definition) is 4. The van der Waals surface area contributed by atoms with Crippen LogP contribution in [0.3, 0.4) is 0 Å². The molecule has 3 unspecified atom stereocenters. The van der Waals surface area contributed by atoms with Gasteiger partial charge in [0.1, 0.15) is 5.75 Å². The summed E-state index contributed by atoms with van der Waals surface area (Å²) in [6, 6.07) is 2.91. The number of primary amides is 1. The number of ketones is 4. The Morgan fingerprint density at radius 3 is 2.28 bits per heavy atom. The van der Waals surface area contributed by atoms with Crippen molar-refractivity contribution >= 4 is 29.0 Å². The average molecular weight is 444 g/mol. The van der Waals surface area contributed by atoms with Crippen molar-refractivity contribution in [3.63, 3.8) is 0 Å². The Balaban J connectivity index is 1.95. The summed E-state index contributed by atoms with van der Waals surface area (Å²) in [6.07, 6.45) is -0.230. The van der Waals surface area contributed by atoms with E-state index in [0.29, 0.717) is 0 Å². The molecule has 2 fully saturated rings. The first kappa shape index (κ1) is 22.3. The van der Waals surface area contributed by atoms with Crippen LogP contribution in [0.15, 0.2) is 18.2 Å². The fraction of sp³-hybridized carbons (Fsp3) is 0.500. The van der Waals surface area contributed by atoms with Gasteiger partial charge in [0, 0.05) is 11.8 Å². The van der Waals surface area contributed by atoms with Crippen LogP contribution in [0.25, 0.3) is 0 Å². The average Bonchev–Trinajstić information content (AvgIpc) is 2.68. The van der Waals surface area contributed by atoms with Crippen LogP contribution in [0.1, 0.15) is 29.3 Å². The Bertz CT molecular complexity index is 1090. The molecule has 0 bridgehead atoms. The van der Waals surface area contributed by atoms with Gasteiger partial charge < -0.3 is 21.1 Å². The van der Waals surface area contributed by atoms with E-state index in [4.69, 9.17) is 5.73 Å². The van der Waals surface area contributed by atoms with Crippen LogP contribution < -0.4 is 5.73 Å². The second kappa shape index (κ2) is 6.77. The Labute approximate surface area is 183 Å². The lowest BCUT2D eigenvalue weighted by Gasteiger charge is -2.55. The summed E-state index contributed by atoms with van der Waals surface area (Å²) >= 11 is 0. The Morgan fingerprint density at radius 2 is 1.72 bits per heavy atom. The minimum absolute atomic E-state index is 0.117. The first-order valence-electron chi connectivity index (χ1n) is 10.2. The highest BCUT2D eigenvalue weighted by Gasteiger charge is 2.71. The fourth-order valence-electron chi connectivity index (χ4n) is 5.88. The summed E-state index contributed by atoms with van der Waals surface area (Å²) in [5.74, 6) is -12.0. The third-order valence-corrected chi connectivity index (χ3v) is 7.38. The summed E-state index contributed by atoms with van der Waals surface area (Å²) < 4.78 is 0. The van der Waals surface area contributed by atoms with E-state index in [2.05, 4.69) is 0 Å². The zero-order valence-corrected chi connectivity index (χ0v) is 17.7. The van der Waals surface area contributed by atoms with E-state index >= 15 is 0 Å². The van der Waals surface area contributed by atoms with E-state index in [0.717, 1.165) is 0 Å². The minimum atomic E-state index is -2.82. The van der Waals surface area contributed by atoms with E-state index in [1.165, 1.54) is 44.1 Å². The molecule has 0 saturated heterocycles. The zero-order valence-electron chi connectivity index (χ0n) is 17.7. The Hall–Kier alpha value is -2.95. The first-order chi connectivity index (χ1) is 14.8. The number of benzene rings is 1. The number of likely N-dealkylation sites (N-methyl/N-ethyl adjacent to an activating group) is 1. The molecule has 3 aliphatic carbocycles. The van der Waals surface area contributed by atoms with E-state index in [1.54, 1.807) is 0 Å². The van der Waals surface area contributed by atoms with Crippen LogP contribution in [-0.4, -0.2) is 75.0 Å². The molecule has 0 radical (unpaired) electrons. The van der Waals surface area contributed by atoms with E-state index < -0.39 is 75.7 Å². The van der Waals surface area contributed by atoms with Gasteiger partial charge in [0.05, 0.1) is 23.1 Å². The highest BCUT2D eigenvalue weighted by atomic mass is 16.3. The number of aromatic hydroxyl groups is 1. The number of Topliss-reactive ketones (excluding diaryl/α,β-unsaturated/α-hetero) is 4. The lowest BCUT2D eigenvalue weighted by molar-refractivity contribution is -0.188. The predicted molar refractivity (Wildman–Crippen MR) is 107 cm³/mol. The standard InChI is InChI=1S/C22H24N2O8/c1-21(31)8-5-4-6-11(25)12(8)16(26)13-9(21)7-10-15(24(2)3)17(27)14(20(23)30)19(29)22(10,32)18(13)28/h4-6,9-10,13-15,25,31-32H,7H2,1-3H3,(H2,23,30)/t9-,10-,13?,14?,15-,21?,22-/m1/s1. The number of carbonyl (C=O) groups is 5. The SMILES string of the molecule is CN(C)[C@H]1C(=O)C(C(N)=O)C(=O)[C@]2(O)C(=O)C3C(=O)c4c(O)cccc4C(C)(O)[C@@H]3C[C@H]12. The van der Waals surface area contributed by atoms with Crippen LogP contribution >= 0.6 is 0 Å². The molecule has 0 heterocycles. The molecule has 0 spiro atoms. The van der Waals surface area contributed by atoms with Crippen molar-refractivity contribution in [2.75, 3.05) is 14.1 Å². The van der Waals surface area contributed by atoms with Crippen LogP contribution in [-0.2, 0) is 24.8 Å². The monoisotopic (exact) mass is 444 g/mol. The molecule has 170 valence electrons. The summed E-state index contributed by atoms with van der Waals surface area (Å²) in [5, 5.41) is 33.1. The van der Waals surface area contributed by atoms with Gasteiger partial charge >= 0.3 is 0 Å². The molecule has 1 aromatic carbocycles. The zero-order chi connectivity index (χ0) is 23.9. The van der Waals surface area contributed by atoms with E-state index in [-0.39, 0.29) is 17.5 Å². The van der Waals surface area contributed by atoms with Crippen molar-refractivity contribution in [2.24, 2.45) is 29.4 Å². The molecule has 0 aromatic heterocycles. The summed E-state index contributed by atoms with van der Waals surface area (Å²) in [6.45, 7) is 1.39. The Kier molecular flexibility index (Phi) is 4.71. The quantitative estimate of drug-likeness (QED) is 0.397. The molecular formula is C22H24N2O8. The van der Waals surface area contributed by atoms with Gasteiger partial charge in [0.25, 0.3) is 0 Å². The third kappa shape index (κ3) is 2.54. The van der Waals surface area contributed by atoms with Gasteiger partial charge in [0.15, 0.2) is 34.7 Å². The van der Waals surface area contributed by atoms with Gasteiger partial charge in [-0.05, 0) is 39.1 Å². The first-order valence-corrected chi connectivity index (χ1v) is 10.2. The Morgan fingerprint density at radius 1 is 1.09 bits per heavy atom. The molecule has 3 aliphatic rings. The van der Waals surface area contributed by atoms with Gasteiger partial charge in [-0.15, -0.1) is 0 Å². The maximum absolute atomic E-state index is 13.6. The molecule has 10 nitrogen and oxygen atoms in total. The van der Waals surface area contributed by atoms with Gasteiger partial charge in [-0.2, -0.15) is 0 Å². The predicted octanol–water partition coefficient (Wildman–Crippen LogP) is -1.47. The molecule has 10 heteroatoms. The molecule has 4 rings (SSSR count). The number of carbonyl (C=O) groups excluding carboxylic acids is 5. The maximum atomic E-state index is 13.6. The molecule has 1 aromatic rings. The lowest BCUT2D eigenvalue weighted by Crippen LogP contribution is -2.75. The van der Waals surface area contributed by atoms with Crippen molar-refractivity contribution in [2.45, 2.75) is 30.6 Å². The second-order valence-corrected chi connectivity index (χ2v) is 9.28. The number of hydrogen-bond acceptors (Lipinski definition) is 9. The van der Waals surface area contributed by atoms with Crippen molar-refractivity contribution in [3.05, 3.63) is 29.3 Å². The van der Waals surface area contributed by atoms with Crippen LogP contribution in [0.5, 0.6) is 5.75 Å². The second-order valence-electron chi connectivity index (χ2n) is 9.28. The van der Waals surface area contributed by atoms with Crippen molar-refractivity contribution in [3.8, 4) is 5.75 Å². The highest BCUT2D eigenvalue weighted by molar-refractivity contribution is 6.32. The van der Waals surface area contributed by atoms with Gasteiger partial charge in [-0.3, -0.25) is 28.9 Å². The number of nitrogens with zero attached hydrogens (tertiary/aromatic N) is 1. The summed E-state index contributed by atoms with van der Waals surface area (Å²) in [5.41, 5.74) is 0.511. The smallest absolute Gasteiger partial charge is 0.235 e. The molecule has 1 amide bonds. The number of nitrogens with two attached hydrogens (primary N) is 1. The van der Waals surface area contributed by atoms with Crippen LogP contribution in [0.4, 0.5) is 0 Å². The fourth-order valence-corrected chi connectivity index (χ4v) is 5.88. The lowest BCUT2D eigenvalue weighted by atomic mass is 9.49. The van der Waals surface area contributed by atoms with Crippen LogP contribution in [0, 0.1) is 23.7 Å². The minimum Gasteiger partial charge on any atom is -0.507 e. The number of phenolic OH excluding ortho intramolecular Hbond substituents is 1. The molecule has 7 atom stereocenters. The molecule has 2 saturated carbocycles. The largest absolute Gasteiger partial charge is 0.507 e. The third-order valence-electron chi connectivity index (χ3n) is 7.38. The molecule has 32 heavy (non-hydrogen) atoms. The number of amides is 1. The van der Waals surface area contributed by atoms with Gasteiger partial charge in [-0.1, -0.05) is 12.1 Å². The molecule has 0 aliphatic heterocycles.